The first-order chi connectivity index (χ1) is 10.7. The Morgan fingerprint density at radius 2 is 2.09 bits per heavy atom. The number of methoxy groups -OCH3 is 1. The Hall–Kier alpha value is -1.88. The van der Waals surface area contributed by atoms with Gasteiger partial charge in [-0.15, -0.1) is 0 Å². The van der Waals surface area contributed by atoms with E-state index in [0.29, 0.717) is 5.69 Å². The van der Waals surface area contributed by atoms with Gasteiger partial charge in [-0.1, -0.05) is 0 Å². The Kier molecular flexibility index (Phi) is 4.43. The number of nitrogens with one attached hydrogen (secondary N) is 1. The van der Waals surface area contributed by atoms with Crippen LogP contribution in [0.25, 0.3) is 11.0 Å². The van der Waals surface area contributed by atoms with Crippen molar-refractivity contribution in [2.24, 2.45) is 0 Å². The van der Waals surface area contributed by atoms with Gasteiger partial charge in [-0.05, 0) is 57.3 Å². The molecular weight excluding hydrogens is 278 g/mol. The average Bonchev–Trinajstić information content (AvgIpc) is 2.54. The summed E-state index contributed by atoms with van der Waals surface area (Å²) in [5.74, 6) is 0.760. The number of rotatable bonds is 4. The molecule has 1 saturated heterocycles. The molecule has 0 atom stereocenters. The van der Waals surface area contributed by atoms with Crippen LogP contribution in [0.2, 0.25) is 0 Å². The van der Waals surface area contributed by atoms with Gasteiger partial charge in [0.25, 0.3) is 5.56 Å². The lowest BCUT2D eigenvalue weighted by molar-refractivity contribution is 0.257. The number of likely N-dealkylation sites (tertiary alicyclic amines) is 1. The van der Waals surface area contributed by atoms with E-state index in [4.69, 9.17) is 4.74 Å². The molecule has 0 saturated carbocycles. The fourth-order valence-corrected chi connectivity index (χ4v) is 2.94. The van der Waals surface area contributed by atoms with E-state index in [2.05, 4.69) is 21.3 Å². The topological polar surface area (TPSA) is 58.2 Å². The number of fused-ring (bicyclic) bond motifs is 1. The molecule has 1 aliphatic heterocycles. The van der Waals surface area contributed by atoms with E-state index in [1.54, 1.807) is 14.0 Å². The first-order valence-electron chi connectivity index (χ1n) is 7.79. The molecule has 1 aliphatic rings. The Morgan fingerprint density at radius 1 is 1.32 bits per heavy atom. The van der Waals surface area contributed by atoms with Crippen molar-refractivity contribution in [1.82, 2.24) is 14.9 Å². The average molecular weight is 300 g/mol. The monoisotopic (exact) mass is 300 g/mol. The van der Waals surface area contributed by atoms with Crippen LogP contribution in [0, 0.1) is 13.3 Å². The summed E-state index contributed by atoms with van der Waals surface area (Å²) in [6.45, 7) is 5.01. The molecule has 117 valence electrons. The van der Waals surface area contributed by atoms with Crippen molar-refractivity contribution in [2.75, 3.05) is 26.7 Å². The third-order valence-electron chi connectivity index (χ3n) is 4.25. The number of hydrogen-bond donors (Lipinski definition) is 1. The minimum atomic E-state index is -0.140. The van der Waals surface area contributed by atoms with Crippen LogP contribution >= 0.6 is 0 Å². The predicted octanol–water partition coefficient (Wildman–Crippen LogP) is 2.08. The highest BCUT2D eigenvalue weighted by atomic mass is 16.5. The van der Waals surface area contributed by atoms with Crippen LogP contribution in [-0.4, -0.2) is 41.6 Å². The molecule has 1 aromatic carbocycles. The summed E-state index contributed by atoms with van der Waals surface area (Å²) in [7, 11) is 1.64. The standard InChI is InChI=1S/C17H22N3O2/c1-12-17(21)19-15-11-14(22-2)10-13(16(15)18-12)6-9-20-7-4-3-5-8-20/h3,10-11H,4-9H2,1-2H3,(H,19,21). The van der Waals surface area contributed by atoms with Crippen LogP contribution in [0.5, 0.6) is 5.75 Å². The zero-order chi connectivity index (χ0) is 15.5. The molecule has 3 rings (SSSR count). The lowest BCUT2D eigenvalue weighted by atomic mass is 10.1. The molecule has 0 spiro atoms. The number of aryl methyl sites for hydroxylation is 1. The van der Waals surface area contributed by atoms with Crippen LogP contribution in [0.1, 0.15) is 24.1 Å². The number of H-pyrrole nitrogens is 1. The van der Waals surface area contributed by atoms with Gasteiger partial charge in [-0.2, -0.15) is 0 Å². The molecule has 1 radical (unpaired) electrons. The highest BCUT2D eigenvalue weighted by Gasteiger charge is 2.13. The summed E-state index contributed by atoms with van der Waals surface area (Å²) in [6.07, 6.45) is 5.60. The molecule has 5 heteroatoms. The van der Waals surface area contributed by atoms with Crippen LogP contribution in [-0.2, 0) is 6.42 Å². The molecule has 5 nitrogen and oxygen atoms in total. The third kappa shape index (κ3) is 3.14. The van der Waals surface area contributed by atoms with Gasteiger partial charge >= 0.3 is 0 Å². The van der Waals surface area contributed by atoms with E-state index in [1.807, 2.05) is 12.1 Å². The van der Waals surface area contributed by atoms with Crippen molar-refractivity contribution in [2.45, 2.75) is 26.2 Å². The normalized spacial score (nSPS) is 16.1. The lowest BCUT2D eigenvalue weighted by Crippen LogP contribution is -2.31. The highest BCUT2D eigenvalue weighted by molar-refractivity contribution is 5.79. The molecule has 1 fully saturated rings. The number of nitrogens with zero attached hydrogens (tertiary/aromatic N) is 2. The quantitative estimate of drug-likeness (QED) is 0.939. The maximum absolute atomic E-state index is 11.8. The van der Waals surface area contributed by atoms with Crippen molar-refractivity contribution < 1.29 is 4.74 Å². The van der Waals surface area contributed by atoms with Crippen molar-refractivity contribution in [3.8, 4) is 5.75 Å². The zero-order valence-electron chi connectivity index (χ0n) is 13.2. The van der Waals surface area contributed by atoms with E-state index < -0.39 is 0 Å². The fourth-order valence-electron chi connectivity index (χ4n) is 2.94. The van der Waals surface area contributed by atoms with Gasteiger partial charge in [0.05, 0.1) is 18.1 Å². The Labute approximate surface area is 130 Å². The van der Waals surface area contributed by atoms with Crippen LogP contribution in [0.4, 0.5) is 0 Å². The second-order valence-corrected chi connectivity index (χ2v) is 5.79. The van der Waals surface area contributed by atoms with Gasteiger partial charge in [0.2, 0.25) is 0 Å². The molecule has 1 N–H and O–H groups in total. The summed E-state index contributed by atoms with van der Waals surface area (Å²) in [5, 5.41) is 0. The SMILES string of the molecule is COc1cc(CCN2CC[CH]CC2)c2nc(C)c(=O)[nH]c2c1. The number of benzene rings is 1. The van der Waals surface area contributed by atoms with Crippen molar-refractivity contribution in [1.29, 1.82) is 0 Å². The van der Waals surface area contributed by atoms with Gasteiger partial charge in [0.1, 0.15) is 11.4 Å². The zero-order valence-corrected chi connectivity index (χ0v) is 13.2. The highest BCUT2D eigenvalue weighted by Crippen LogP contribution is 2.23. The van der Waals surface area contributed by atoms with E-state index in [1.165, 1.54) is 12.8 Å². The molecule has 22 heavy (non-hydrogen) atoms. The second-order valence-electron chi connectivity index (χ2n) is 5.79. The summed E-state index contributed by atoms with van der Waals surface area (Å²) in [6, 6.07) is 3.87. The number of aromatic nitrogens is 2. The van der Waals surface area contributed by atoms with Crippen LogP contribution < -0.4 is 10.3 Å². The van der Waals surface area contributed by atoms with E-state index >= 15 is 0 Å². The lowest BCUT2D eigenvalue weighted by Gasteiger charge is -2.26. The molecule has 2 heterocycles. The summed E-state index contributed by atoms with van der Waals surface area (Å²) in [4.78, 5) is 21.6. The first kappa shape index (κ1) is 15.0. The third-order valence-corrected chi connectivity index (χ3v) is 4.25. The minimum absolute atomic E-state index is 0.140. The number of aromatic amines is 1. The van der Waals surface area contributed by atoms with E-state index in [-0.39, 0.29) is 5.56 Å². The van der Waals surface area contributed by atoms with Crippen LogP contribution in [0.15, 0.2) is 16.9 Å². The van der Waals surface area contributed by atoms with Crippen molar-refractivity contribution >= 4 is 11.0 Å². The molecule has 0 bridgehead atoms. The second kappa shape index (κ2) is 6.48. The van der Waals surface area contributed by atoms with Crippen molar-refractivity contribution in [3.63, 3.8) is 0 Å². The van der Waals surface area contributed by atoms with E-state index in [9.17, 15) is 4.79 Å². The minimum Gasteiger partial charge on any atom is -0.497 e. The van der Waals surface area contributed by atoms with Gasteiger partial charge in [0.15, 0.2) is 0 Å². The molecule has 0 aliphatic carbocycles. The first-order valence-corrected chi connectivity index (χ1v) is 7.79. The Bertz CT molecular complexity index is 718. The molecule has 1 aromatic heterocycles. The maximum Gasteiger partial charge on any atom is 0.269 e. The predicted molar refractivity (Wildman–Crippen MR) is 87.3 cm³/mol. The van der Waals surface area contributed by atoms with Crippen molar-refractivity contribution in [3.05, 3.63) is 40.2 Å². The summed E-state index contributed by atoms with van der Waals surface area (Å²) >= 11 is 0. The number of piperidine rings is 1. The number of hydrogen-bond acceptors (Lipinski definition) is 4. The van der Waals surface area contributed by atoms with Gasteiger partial charge in [0, 0.05) is 12.6 Å². The summed E-state index contributed by atoms with van der Waals surface area (Å²) in [5.41, 5.74) is 3.12. The van der Waals surface area contributed by atoms with Gasteiger partial charge in [-0.25, -0.2) is 4.98 Å². The maximum atomic E-state index is 11.8. The molecule has 0 amide bonds. The van der Waals surface area contributed by atoms with E-state index in [0.717, 1.165) is 48.4 Å². The van der Waals surface area contributed by atoms with Gasteiger partial charge < -0.3 is 14.6 Å². The number of ether oxygens (including phenoxy) is 1. The fraction of sp³-hybridized carbons (Fsp3) is 0.471. The Morgan fingerprint density at radius 3 is 2.82 bits per heavy atom. The summed E-state index contributed by atoms with van der Waals surface area (Å²) < 4.78 is 5.36. The Balaban J connectivity index is 1.92. The molecule has 0 unspecified atom stereocenters. The largest absolute Gasteiger partial charge is 0.497 e. The smallest absolute Gasteiger partial charge is 0.269 e. The molecular formula is C17H22N3O2. The van der Waals surface area contributed by atoms with Crippen LogP contribution in [0.3, 0.4) is 0 Å². The van der Waals surface area contributed by atoms with Gasteiger partial charge in [-0.3, -0.25) is 4.79 Å². The molecule has 2 aromatic rings.